The number of nitrogens with zero attached hydrogens (tertiary/aromatic N) is 4. The molecule has 1 aromatic heterocycles. The highest BCUT2D eigenvalue weighted by Gasteiger charge is 2.35. The summed E-state index contributed by atoms with van der Waals surface area (Å²) < 4.78 is 8.43. The minimum absolute atomic E-state index is 0.107. The summed E-state index contributed by atoms with van der Waals surface area (Å²) in [7, 11) is 3.42. The summed E-state index contributed by atoms with van der Waals surface area (Å²) >= 11 is 0. The zero-order valence-corrected chi connectivity index (χ0v) is 15.9. The summed E-state index contributed by atoms with van der Waals surface area (Å²) in [6.45, 7) is 1.94. The van der Waals surface area contributed by atoms with E-state index in [0.29, 0.717) is 12.5 Å². The number of carbonyl (C=O) groups is 1. The van der Waals surface area contributed by atoms with E-state index < -0.39 is 0 Å². The van der Waals surface area contributed by atoms with Crippen LogP contribution >= 0.6 is 0 Å². The van der Waals surface area contributed by atoms with Crippen molar-refractivity contribution in [3.8, 4) is 5.75 Å². The minimum atomic E-state index is -0.107. The van der Waals surface area contributed by atoms with Gasteiger partial charge in [-0.05, 0) is 43.4 Å². The first-order valence-corrected chi connectivity index (χ1v) is 9.62. The van der Waals surface area contributed by atoms with E-state index in [4.69, 9.17) is 4.74 Å². The molecular formula is C20H26N4O3. The maximum Gasteiger partial charge on any atom is 0.345 e. The SMILES string of the molecule is COc1cccc(Cn2nc(C3CCN(C(=O)C4CC4)CC3)n(C)c2=O)c1. The Hall–Kier alpha value is -2.57. The maximum absolute atomic E-state index is 12.6. The van der Waals surface area contributed by atoms with Crippen LogP contribution in [-0.2, 0) is 18.4 Å². The number of likely N-dealkylation sites (tertiary alicyclic amines) is 1. The van der Waals surface area contributed by atoms with Crippen LogP contribution in [0.1, 0.15) is 43.0 Å². The number of rotatable bonds is 5. The van der Waals surface area contributed by atoms with E-state index in [9.17, 15) is 9.59 Å². The smallest absolute Gasteiger partial charge is 0.345 e. The largest absolute Gasteiger partial charge is 0.497 e. The third kappa shape index (κ3) is 3.63. The molecule has 2 aromatic rings. The minimum Gasteiger partial charge on any atom is -0.497 e. The van der Waals surface area contributed by atoms with Gasteiger partial charge in [0.2, 0.25) is 5.91 Å². The molecule has 0 N–H and O–H groups in total. The lowest BCUT2D eigenvalue weighted by Gasteiger charge is -2.31. The summed E-state index contributed by atoms with van der Waals surface area (Å²) in [6.07, 6.45) is 3.81. The lowest BCUT2D eigenvalue weighted by molar-refractivity contribution is -0.133. The van der Waals surface area contributed by atoms with E-state index in [0.717, 1.165) is 55.9 Å². The number of carbonyl (C=O) groups excluding carboxylic acids is 1. The molecule has 4 rings (SSSR count). The fourth-order valence-corrected chi connectivity index (χ4v) is 3.85. The van der Waals surface area contributed by atoms with Gasteiger partial charge in [-0.2, -0.15) is 5.10 Å². The summed E-state index contributed by atoms with van der Waals surface area (Å²) in [5.74, 6) is 2.39. The van der Waals surface area contributed by atoms with Crippen LogP contribution in [0.4, 0.5) is 0 Å². The van der Waals surface area contributed by atoms with E-state index in [2.05, 4.69) is 5.10 Å². The second kappa shape index (κ2) is 7.21. The van der Waals surface area contributed by atoms with E-state index in [-0.39, 0.29) is 17.5 Å². The molecule has 144 valence electrons. The molecule has 1 amide bonds. The first kappa shape index (κ1) is 17.8. The Labute approximate surface area is 158 Å². The Balaban J connectivity index is 1.47. The number of aromatic nitrogens is 3. The van der Waals surface area contributed by atoms with Gasteiger partial charge in [0.05, 0.1) is 13.7 Å². The molecule has 2 heterocycles. The number of piperidine rings is 1. The summed E-state index contributed by atoms with van der Waals surface area (Å²) in [4.78, 5) is 26.8. The molecule has 0 bridgehead atoms. The van der Waals surface area contributed by atoms with Gasteiger partial charge in [0.1, 0.15) is 11.6 Å². The number of hydrogen-bond acceptors (Lipinski definition) is 4. The van der Waals surface area contributed by atoms with E-state index in [1.807, 2.05) is 29.2 Å². The van der Waals surface area contributed by atoms with Gasteiger partial charge in [0, 0.05) is 32.0 Å². The van der Waals surface area contributed by atoms with Crippen LogP contribution in [0.15, 0.2) is 29.1 Å². The number of methoxy groups -OCH3 is 1. The van der Waals surface area contributed by atoms with Crippen molar-refractivity contribution in [1.29, 1.82) is 0 Å². The molecule has 2 fully saturated rings. The first-order chi connectivity index (χ1) is 13.1. The van der Waals surface area contributed by atoms with Crippen LogP contribution in [0.25, 0.3) is 0 Å². The summed E-state index contributed by atoms with van der Waals surface area (Å²) in [6, 6.07) is 7.68. The predicted octanol–water partition coefficient (Wildman–Crippen LogP) is 1.75. The van der Waals surface area contributed by atoms with Crippen LogP contribution in [0.5, 0.6) is 5.75 Å². The normalized spacial score (nSPS) is 17.9. The van der Waals surface area contributed by atoms with Gasteiger partial charge in [0.25, 0.3) is 0 Å². The van der Waals surface area contributed by atoms with Crippen molar-refractivity contribution >= 4 is 5.91 Å². The van der Waals surface area contributed by atoms with Crippen molar-refractivity contribution < 1.29 is 9.53 Å². The lowest BCUT2D eigenvalue weighted by atomic mass is 9.95. The molecule has 7 heteroatoms. The van der Waals surface area contributed by atoms with Gasteiger partial charge in [-0.25, -0.2) is 9.48 Å². The highest BCUT2D eigenvalue weighted by Crippen LogP contribution is 2.33. The third-order valence-electron chi connectivity index (χ3n) is 5.64. The predicted molar refractivity (Wildman–Crippen MR) is 101 cm³/mol. The molecule has 1 saturated carbocycles. The average Bonchev–Trinajstić information content (AvgIpc) is 3.51. The average molecular weight is 370 g/mol. The molecule has 1 aliphatic carbocycles. The number of benzene rings is 1. The summed E-state index contributed by atoms with van der Waals surface area (Å²) in [5.41, 5.74) is 0.871. The van der Waals surface area contributed by atoms with Crippen molar-refractivity contribution in [3.63, 3.8) is 0 Å². The number of ether oxygens (including phenoxy) is 1. The quantitative estimate of drug-likeness (QED) is 0.804. The second-order valence-electron chi connectivity index (χ2n) is 7.58. The molecular weight excluding hydrogens is 344 g/mol. The Morgan fingerprint density at radius 2 is 1.96 bits per heavy atom. The lowest BCUT2D eigenvalue weighted by Crippen LogP contribution is -2.39. The van der Waals surface area contributed by atoms with Crippen LogP contribution < -0.4 is 10.4 Å². The Morgan fingerprint density at radius 3 is 2.63 bits per heavy atom. The molecule has 2 aliphatic rings. The van der Waals surface area contributed by atoms with Gasteiger partial charge >= 0.3 is 5.69 Å². The van der Waals surface area contributed by atoms with Crippen molar-refractivity contribution in [1.82, 2.24) is 19.2 Å². The molecule has 0 atom stereocenters. The topological polar surface area (TPSA) is 69.4 Å². The Bertz CT molecular complexity index is 889. The fraction of sp³-hybridized carbons (Fsp3) is 0.550. The zero-order valence-electron chi connectivity index (χ0n) is 15.9. The standard InChI is InChI=1S/C20H26N4O3/c1-22-18(15-8-10-23(11-9-15)19(25)16-6-7-16)21-24(20(22)26)13-14-4-3-5-17(12-14)27-2/h3-5,12,15-16H,6-11,13H2,1-2H3. The molecule has 0 unspecified atom stereocenters. The van der Waals surface area contributed by atoms with Gasteiger partial charge in [-0.1, -0.05) is 12.1 Å². The number of amides is 1. The Morgan fingerprint density at radius 1 is 1.22 bits per heavy atom. The molecule has 0 spiro atoms. The van der Waals surface area contributed by atoms with Crippen molar-refractivity contribution in [2.24, 2.45) is 13.0 Å². The van der Waals surface area contributed by atoms with Gasteiger partial charge in [-0.3, -0.25) is 9.36 Å². The van der Waals surface area contributed by atoms with Crippen molar-refractivity contribution in [3.05, 3.63) is 46.1 Å². The maximum atomic E-state index is 12.6. The molecule has 1 aromatic carbocycles. The highest BCUT2D eigenvalue weighted by molar-refractivity contribution is 5.81. The molecule has 7 nitrogen and oxygen atoms in total. The van der Waals surface area contributed by atoms with E-state index in [1.165, 1.54) is 4.68 Å². The van der Waals surface area contributed by atoms with Crippen LogP contribution in [0, 0.1) is 5.92 Å². The van der Waals surface area contributed by atoms with Crippen molar-refractivity contribution in [2.45, 2.75) is 38.1 Å². The molecule has 1 saturated heterocycles. The van der Waals surface area contributed by atoms with E-state index >= 15 is 0 Å². The fourth-order valence-electron chi connectivity index (χ4n) is 3.85. The van der Waals surface area contributed by atoms with Crippen LogP contribution in [-0.4, -0.2) is 45.4 Å². The van der Waals surface area contributed by atoms with Crippen molar-refractivity contribution in [2.75, 3.05) is 20.2 Å². The molecule has 0 radical (unpaired) electrons. The Kier molecular flexibility index (Phi) is 4.76. The molecule has 1 aliphatic heterocycles. The highest BCUT2D eigenvalue weighted by atomic mass is 16.5. The van der Waals surface area contributed by atoms with Crippen LogP contribution in [0.2, 0.25) is 0 Å². The van der Waals surface area contributed by atoms with Gasteiger partial charge < -0.3 is 9.64 Å². The zero-order chi connectivity index (χ0) is 19.0. The van der Waals surface area contributed by atoms with E-state index in [1.54, 1.807) is 18.7 Å². The first-order valence-electron chi connectivity index (χ1n) is 9.62. The van der Waals surface area contributed by atoms with Gasteiger partial charge in [0.15, 0.2) is 0 Å². The second-order valence-corrected chi connectivity index (χ2v) is 7.58. The van der Waals surface area contributed by atoms with Crippen LogP contribution in [0.3, 0.4) is 0 Å². The molecule has 27 heavy (non-hydrogen) atoms. The number of hydrogen-bond donors (Lipinski definition) is 0. The monoisotopic (exact) mass is 370 g/mol. The summed E-state index contributed by atoms with van der Waals surface area (Å²) in [5, 5.41) is 4.62. The third-order valence-corrected chi connectivity index (χ3v) is 5.64. The van der Waals surface area contributed by atoms with Gasteiger partial charge in [-0.15, -0.1) is 0 Å².